The Balaban J connectivity index is 1.59. The summed E-state index contributed by atoms with van der Waals surface area (Å²) in [5.74, 6) is -6.29. The van der Waals surface area contributed by atoms with Crippen LogP contribution in [-0.2, 0) is 14.3 Å². The molecule has 4 rings (SSSR count). The summed E-state index contributed by atoms with van der Waals surface area (Å²) < 4.78 is 52.1. The van der Waals surface area contributed by atoms with E-state index in [4.69, 9.17) is 16.3 Å². The molecule has 190 valence electrons. The molecule has 2 heterocycles. The lowest BCUT2D eigenvalue weighted by molar-refractivity contribution is -0.164. The van der Waals surface area contributed by atoms with E-state index in [0.29, 0.717) is 16.5 Å². The fourth-order valence-electron chi connectivity index (χ4n) is 4.35. The lowest BCUT2D eigenvalue weighted by Crippen LogP contribution is -2.54. The van der Waals surface area contributed by atoms with E-state index in [1.807, 2.05) is 0 Å². The third-order valence-corrected chi connectivity index (χ3v) is 6.32. The molecule has 1 aliphatic rings. The lowest BCUT2D eigenvalue weighted by Gasteiger charge is -2.37. The number of rotatable bonds is 5. The molecule has 1 saturated heterocycles. The number of alkyl halides is 2. The maximum atomic E-state index is 14.2. The van der Waals surface area contributed by atoms with Crippen LogP contribution in [0, 0.1) is 11.7 Å². The van der Waals surface area contributed by atoms with Gasteiger partial charge < -0.3 is 19.4 Å². The van der Waals surface area contributed by atoms with Crippen molar-refractivity contribution in [3.05, 3.63) is 63.8 Å². The highest BCUT2D eigenvalue weighted by Crippen LogP contribution is 2.34. The summed E-state index contributed by atoms with van der Waals surface area (Å²) in [6, 6.07) is 8.43. The average molecular weight is 523 g/mol. The van der Waals surface area contributed by atoms with Crippen molar-refractivity contribution in [1.29, 1.82) is 0 Å². The summed E-state index contributed by atoms with van der Waals surface area (Å²) in [5, 5.41) is 0.891. The molecular formula is C25H22ClF3N2O5. The van der Waals surface area contributed by atoms with Gasteiger partial charge in [0, 0.05) is 30.3 Å². The molecule has 0 spiro atoms. The monoisotopic (exact) mass is 522 g/mol. The van der Waals surface area contributed by atoms with E-state index in [9.17, 15) is 27.6 Å². The Kier molecular flexibility index (Phi) is 6.99. The molecule has 36 heavy (non-hydrogen) atoms. The standard InChI is InChI=1S/C25H22ClF3N2O5/c1-13(23(33)31-11-14(24(34)35-2)9-25(28,29)12-31)36-16-4-6-17-19(8-16)22(32)30-10-20(17)18-5-3-15(27)7-21(18)26/h3-8,10,13-14H,9,11-12H2,1-2H3,(H,30,32)/t13-,14?/m1/s1. The van der Waals surface area contributed by atoms with Crippen LogP contribution in [0.3, 0.4) is 0 Å². The number of nitrogens with zero attached hydrogens (tertiary/aromatic N) is 1. The molecule has 2 aromatic carbocycles. The van der Waals surface area contributed by atoms with Gasteiger partial charge in [-0.1, -0.05) is 11.6 Å². The van der Waals surface area contributed by atoms with Gasteiger partial charge in [0.25, 0.3) is 17.4 Å². The highest BCUT2D eigenvalue weighted by Gasteiger charge is 2.45. The van der Waals surface area contributed by atoms with Crippen molar-refractivity contribution in [1.82, 2.24) is 9.88 Å². The molecule has 2 atom stereocenters. The number of ether oxygens (including phenoxy) is 2. The number of halogens is 4. The number of fused-ring (bicyclic) bond motifs is 1. The third-order valence-electron chi connectivity index (χ3n) is 6.01. The van der Waals surface area contributed by atoms with Crippen LogP contribution in [0.25, 0.3) is 21.9 Å². The number of hydrogen-bond donors (Lipinski definition) is 1. The van der Waals surface area contributed by atoms with E-state index >= 15 is 0 Å². The molecule has 1 amide bonds. The first-order valence-corrected chi connectivity index (χ1v) is 11.4. The first-order chi connectivity index (χ1) is 17.0. The first-order valence-electron chi connectivity index (χ1n) is 11.0. The Labute approximate surface area is 208 Å². The highest BCUT2D eigenvalue weighted by molar-refractivity contribution is 6.33. The molecule has 0 bridgehead atoms. The summed E-state index contributed by atoms with van der Waals surface area (Å²) in [7, 11) is 1.10. The summed E-state index contributed by atoms with van der Waals surface area (Å²) in [6.45, 7) is 0.339. The van der Waals surface area contributed by atoms with Crippen molar-refractivity contribution in [3.63, 3.8) is 0 Å². The topological polar surface area (TPSA) is 88.7 Å². The number of hydrogen-bond acceptors (Lipinski definition) is 5. The first kappa shape index (κ1) is 25.6. The van der Waals surface area contributed by atoms with Crippen LogP contribution in [0.2, 0.25) is 5.02 Å². The minimum atomic E-state index is -3.25. The number of nitrogens with one attached hydrogen (secondary N) is 1. The fraction of sp³-hybridized carbons (Fsp3) is 0.320. The Morgan fingerprint density at radius 1 is 1.17 bits per heavy atom. The molecule has 3 aromatic rings. The molecule has 1 N–H and O–H groups in total. The number of carbonyl (C=O) groups is 2. The van der Waals surface area contributed by atoms with Gasteiger partial charge in [0.15, 0.2) is 6.10 Å². The smallest absolute Gasteiger partial charge is 0.310 e. The molecule has 1 fully saturated rings. The number of amides is 1. The zero-order chi connectivity index (χ0) is 26.2. The quantitative estimate of drug-likeness (QED) is 0.501. The van der Waals surface area contributed by atoms with Crippen LogP contribution in [-0.4, -0.2) is 54.0 Å². The van der Waals surface area contributed by atoms with Gasteiger partial charge >= 0.3 is 5.97 Å². The number of likely N-dealkylation sites (tertiary alicyclic amines) is 1. The van der Waals surface area contributed by atoms with Crippen molar-refractivity contribution in [3.8, 4) is 16.9 Å². The van der Waals surface area contributed by atoms with Crippen LogP contribution in [0.4, 0.5) is 13.2 Å². The van der Waals surface area contributed by atoms with Gasteiger partial charge in [-0.25, -0.2) is 13.2 Å². The molecule has 0 aliphatic carbocycles. The number of carbonyl (C=O) groups excluding carboxylic acids is 2. The van der Waals surface area contributed by atoms with Crippen LogP contribution < -0.4 is 10.3 Å². The van der Waals surface area contributed by atoms with Gasteiger partial charge in [0.1, 0.15) is 11.6 Å². The molecule has 1 aromatic heterocycles. The number of benzene rings is 2. The number of methoxy groups -OCH3 is 1. The van der Waals surface area contributed by atoms with E-state index in [-0.39, 0.29) is 22.7 Å². The maximum Gasteiger partial charge on any atom is 0.310 e. The lowest BCUT2D eigenvalue weighted by atomic mass is 9.95. The Bertz CT molecular complexity index is 1390. The van der Waals surface area contributed by atoms with E-state index in [0.717, 1.165) is 18.1 Å². The van der Waals surface area contributed by atoms with Gasteiger partial charge in [-0.2, -0.15) is 0 Å². The van der Waals surface area contributed by atoms with Crippen LogP contribution in [0.15, 0.2) is 47.4 Å². The van der Waals surface area contributed by atoms with Crippen LogP contribution >= 0.6 is 11.6 Å². The highest BCUT2D eigenvalue weighted by atomic mass is 35.5. The summed E-state index contributed by atoms with van der Waals surface area (Å²) >= 11 is 6.19. The van der Waals surface area contributed by atoms with Crippen LogP contribution in [0.1, 0.15) is 13.3 Å². The average Bonchev–Trinajstić information content (AvgIpc) is 2.83. The molecular weight excluding hydrogens is 501 g/mol. The Morgan fingerprint density at radius 2 is 1.92 bits per heavy atom. The van der Waals surface area contributed by atoms with Gasteiger partial charge in [0.2, 0.25) is 0 Å². The number of aromatic amines is 1. The van der Waals surface area contributed by atoms with E-state index in [1.54, 1.807) is 6.07 Å². The van der Waals surface area contributed by atoms with Crippen LogP contribution in [0.5, 0.6) is 5.75 Å². The third kappa shape index (κ3) is 5.18. The zero-order valence-electron chi connectivity index (χ0n) is 19.3. The molecule has 7 nitrogen and oxygen atoms in total. The van der Waals surface area contributed by atoms with Crippen molar-refractivity contribution in [2.75, 3.05) is 20.2 Å². The molecule has 1 aliphatic heterocycles. The second kappa shape index (κ2) is 9.85. The van der Waals surface area contributed by atoms with Crippen molar-refractivity contribution >= 4 is 34.2 Å². The van der Waals surface area contributed by atoms with Gasteiger partial charge in [-0.15, -0.1) is 0 Å². The SMILES string of the molecule is COC(=O)C1CN(C(=O)[C@@H](C)Oc2ccc3c(-c4ccc(F)cc4Cl)c[nH]c(=O)c3c2)CC(F)(F)C1. The molecule has 0 saturated carbocycles. The zero-order valence-corrected chi connectivity index (χ0v) is 20.1. The second-order valence-electron chi connectivity index (χ2n) is 8.62. The van der Waals surface area contributed by atoms with E-state index in [1.165, 1.54) is 37.4 Å². The van der Waals surface area contributed by atoms with E-state index in [2.05, 4.69) is 9.72 Å². The predicted octanol–water partition coefficient (Wildman–Crippen LogP) is 4.41. The number of piperidine rings is 1. The molecule has 0 radical (unpaired) electrons. The minimum absolute atomic E-state index is 0.157. The Morgan fingerprint density at radius 3 is 2.61 bits per heavy atom. The normalized spacial score (nSPS) is 18.1. The summed E-state index contributed by atoms with van der Waals surface area (Å²) in [6.07, 6.45) is -0.416. The summed E-state index contributed by atoms with van der Waals surface area (Å²) in [5.41, 5.74) is 0.616. The van der Waals surface area contributed by atoms with Crippen molar-refractivity contribution in [2.45, 2.75) is 25.4 Å². The van der Waals surface area contributed by atoms with Gasteiger partial charge in [0.05, 0.1) is 30.0 Å². The number of H-pyrrole nitrogens is 1. The summed E-state index contributed by atoms with van der Waals surface area (Å²) in [4.78, 5) is 40.7. The van der Waals surface area contributed by atoms with Gasteiger partial charge in [-0.3, -0.25) is 14.4 Å². The predicted molar refractivity (Wildman–Crippen MR) is 127 cm³/mol. The maximum absolute atomic E-state index is 14.2. The fourth-order valence-corrected chi connectivity index (χ4v) is 4.62. The van der Waals surface area contributed by atoms with Gasteiger partial charge in [-0.05, 0) is 48.7 Å². The van der Waals surface area contributed by atoms with Crippen molar-refractivity contribution in [2.24, 2.45) is 5.92 Å². The van der Waals surface area contributed by atoms with Crippen molar-refractivity contribution < 1.29 is 32.2 Å². The number of aromatic nitrogens is 1. The second-order valence-corrected chi connectivity index (χ2v) is 9.03. The molecule has 1 unspecified atom stereocenters. The number of pyridine rings is 1. The largest absolute Gasteiger partial charge is 0.481 e. The van der Waals surface area contributed by atoms with E-state index < -0.39 is 54.2 Å². The Hall–Kier alpha value is -3.53. The molecule has 11 heteroatoms. The number of esters is 1. The minimum Gasteiger partial charge on any atom is -0.481 e.